The number of hydrogen-bond acceptors (Lipinski definition) is 7. The Morgan fingerprint density at radius 3 is 2.60 bits per heavy atom. The van der Waals surface area contributed by atoms with Gasteiger partial charge in [-0.3, -0.25) is 10.4 Å². The molecule has 0 saturated heterocycles. The number of anilines is 1. The summed E-state index contributed by atoms with van der Waals surface area (Å²) in [5.74, 6) is 0.356. The summed E-state index contributed by atoms with van der Waals surface area (Å²) < 4.78 is 15.3. The molecular weight excluding hydrogens is 341 g/mol. The highest BCUT2D eigenvalue weighted by molar-refractivity contribution is 7.14. The van der Waals surface area contributed by atoms with Crippen LogP contribution in [0.1, 0.15) is 5.69 Å². The third-order valence-electron chi connectivity index (χ3n) is 3.43. The van der Waals surface area contributed by atoms with E-state index in [0.29, 0.717) is 21.1 Å². The topological polar surface area (TPSA) is 80.4 Å². The van der Waals surface area contributed by atoms with Crippen molar-refractivity contribution in [3.63, 3.8) is 0 Å². The smallest absolute Gasteiger partial charge is 0.235 e. The van der Waals surface area contributed by atoms with Gasteiger partial charge in [0, 0.05) is 18.0 Å². The van der Waals surface area contributed by atoms with E-state index < -0.39 is 0 Å². The Hall–Kier alpha value is -3.20. The Bertz CT molecular complexity index is 1090. The van der Waals surface area contributed by atoms with Crippen molar-refractivity contribution in [2.45, 2.75) is 6.92 Å². The molecule has 124 valence electrons. The molecule has 0 aliphatic rings. The molecule has 0 spiro atoms. The van der Waals surface area contributed by atoms with Crippen molar-refractivity contribution in [2.24, 2.45) is 5.10 Å². The molecule has 4 rings (SSSR count). The summed E-state index contributed by atoms with van der Waals surface area (Å²) in [6, 6.07) is 9.68. The molecule has 1 N–H and O–H groups in total. The van der Waals surface area contributed by atoms with Crippen LogP contribution in [0.25, 0.3) is 16.3 Å². The van der Waals surface area contributed by atoms with Gasteiger partial charge in [0.15, 0.2) is 10.5 Å². The number of benzene rings is 1. The lowest BCUT2D eigenvalue weighted by molar-refractivity contribution is 0.628. The van der Waals surface area contributed by atoms with Crippen molar-refractivity contribution in [1.29, 1.82) is 0 Å². The summed E-state index contributed by atoms with van der Waals surface area (Å²) in [4.78, 5) is 4.63. The quantitative estimate of drug-likeness (QED) is 0.573. The van der Waals surface area contributed by atoms with E-state index in [-0.39, 0.29) is 5.82 Å². The molecule has 7 nitrogen and oxygen atoms in total. The van der Waals surface area contributed by atoms with Crippen LogP contribution in [-0.4, -0.2) is 24.8 Å². The maximum atomic E-state index is 12.9. The molecule has 0 aliphatic carbocycles. The van der Waals surface area contributed by atoms with Gasteiger partial charge in [-0.05, 0) is 43.3 Å². The van der Waals surface area contributed by atoms with Gasteiger partial charge in [-0.1, -0.05) is 11.3 Å². The molecule has 0 atom stereocenters. The van der Waals surface area contributed by atoms with Crippen LogP contribution in [0.3, 0.4) is 0 Å². The Morgan fingerprint density at radius 2 is 1.84 bits per heavy atom. The number of aryl methyl sites for hydroxylation is 1. The van der Waals surface area contributed by atoms with E-state index in [2.05, 4.69) is 30.8 Å². The normalized spacial score (nSPS) is 11.8. The standard InChI is InChI=1S/C16H12FN7S/c1-10-15(21-19-13-4-2-12(17)3-5-13)25-16-22-20-14(24(16)23-10)11-6-8-18-9-7-11/h2-9,19H,1H3/b21-15+. The summed E-state index contributed by atoms with van der Waals surface area (Å²) in [6.07, 6.45) is 3.39. The molecule has 4 aromatic rings. The van der Waals surface area contributed by atoms with Crippen molar-refractivity contribution >= 4 is 22.0 Å². The van der Waals surface area contributed by atoms with E-state index in [1.165, 1.54) is 23.5 Å². The Labute approximate surface area is 145 Å². The molecular formula is C16H12FN7S. The number of nitrogens with zero attached hydrogens (tertiary/aromatic N) is 6. The molecule has 0 fully saturated rings. The number of hydrogen-bond donors (Lipinski definition) is 1. The van der Waals surface area contributed by atoms with Gasteiger partial charge in [0.25, 0.3) is 0 Å². The number of nitrogens with one attached hydrogen (secondary N) is 1. The average molecular weight is 353 g/mol. The Balaban J connectivity index is 1.73. The largest absolute Gasteiger partial charge is 0.277 e. The summed E-state index contributed by atoms with van der Waals surface area (Å²) in [6.45, 7) is 1.86. The van der Waals surface area contributed by atoms with Crippen molar-refractivity contribution in [3.8, 4) is 11.4 Å². The van der Waals surface area contributed by atoms with E-state index in [4.69, 9.17) is 0 Å². The van der Waals surface area contributed by atoms with Crippen LogP contribution in [0.5, 0.6) is 0 Å². The third kappa shape index (κ3) is 3.09. The van der Waals surface area contributed by atoms with Gasteiger partial charge in [0.05, 0.1) is 11.4 Å². The maximum absolute atomic E-state index is 12.9. The fraction of sp³-hybridized carbons (Fsp3) is 0.0625. The van der Waals surface area contributed by atoms with Crippen LogP contribution in [0, 0.1) is 12.7 Å². The summed E-state index contributed by atoms with van der Waals surface area (Å²) in [5, 5.41) is 17.2. The lowest BCUT2D eigenvalue weighted by Crippen LogP contribution is -2.12. The minimum Gasteiger partial charge on any atom is -0.277 e. The molecule has 3 aromatic heterocycles. The second-order valence-corrected chi connectivity index (χ2v) is 6.13. The van der Waals surface area contributed by atoms with Crippen LogP contribution >= 0.6 is 11.3 Å². The van der Waals surface area contributed by atoms with Crippen molar-refractivity contribution in [1.82, 2.24) is 24.8 Å². The zero-order valence-corrected chi connectivity index (χ0v) is 13.9. The van der Waals surface area contributed by atoms with Gasteiger partial charge in [0.1, 0.15) is 5.82 Å². The first-order valence-electron chi connectivity index (χ1n) is 7.39. The molecule has 0 amide bonds. The molecule has 3 heterocycles. The molecule has 0 unspecified atom stereocenters. The second-order valence-electron chi connectivity index (χ2n) is 5.18. The Kier molecular flexibility index (Phi) is 3.90. The zero-order valence-electron chi connectivity index (χ0n) is 13.1. The van der Waals surface area contributed by atoms with E-state index in [9.17, 15) is 4.39 Å². The summed E-state index contributed by atoms with van der Waals surface area (Å²) >= 11 is 1.36. The SMILES string of the molecule is Cc1nn2c(-c3ccncc3)nnc2s/c1=N/Nc1ccc(F)cc1. The zero-order chi connectivity index (χ0) is 17.2. The fourth-order valence-electron chi connectivity index (χ4n) is 2.20. The van der Waals surface area contributed by atoms with Crippen molar-refractivity contribution < 1.29 is 4.39 Å². The highest BCUT2D eigenvalue weighted by Crippen LogP contribution is 2.17. The van der Waals surface area contributed by atoms with Crippen LogP contribution < -0.4 is 10.1 Å². The van der Waals surface area contributed by atoms with Crippen molar-refractivity contribution in [2.75, 3.05) is 5.43 Å². The first-order chi connectivity index (χ1) is 12.2. The molecule has 0 bridgehead atoms. The monoisotopic (exact) mass is 353 g/mol. The number of aromatic nitrogens is 5. The number of halogens is 1. The van der Waals surface area contributed by atoms with E-state index >= 15 is 0 Å². The molecule has 0 radical (unpaired) electrons. The van der Waals surface area contributed by atoms with Gasteiger partial charge in [-0.15, -0.1) is 10.2 Å². The first-order valence-corrected chi connectivity index (χ1v) is 8.21. The number of fused-ring (bicyclic) bond motifs is 1. The van der Waals surface area contributed by atoms with E-state index in [1.54, 1.807) is 29.0 Å². The molecule has 0 aliphatic heterocycles. The van der Waals surface area contributed by atoms with Gasteiger partial charge in [-0.25, -0.2) is 4.39 Å². The Morgan fingerprint density at radius 1 is 1.08 bits per heavy atom. The lowest BCUT2D eigenvalue weighted by Gasteiger charge is -2.01. The second kappa shape index (κ2) is 6.36. The van der Waals surface area contributed by atoms with Gasteiger partial charge >= 0.3 is 0 Å². The average Bonchev–Trinajstić information content (AvgIpc) is 3.04. The first kappa shape index (κ1) is 15.3. The van der Waals surface area contributed by atoms with E-state index in [0.717, 1.165) is 11.3 Å². The molecule has 1 aromatic carbocycles. The van der Waals surface area contributed by atoms with Crippen LogP contribution in [0.4, 0.5) is 10.1 Å². The fourth-order valence-corrected chi connectivity index (χ4v) is 2.94. The lowest BCUT2D eigenvalue weighted by atomic mass is 10.2. The number of pyridine rings is 1. The molecule has 9 heteroatoms. The van der Waals surface area contributed by atoms with E-state index in [1.807, 2.05) is 19.1 Å². The predicted molar refractivity (Wildman–Crippen MR) is 92.2 cm³/mol. The highest BCUT2D eigenvalue weighted by atomic mass is 32.1. The maximum Gasteiger partial charge on any atom is 0.235 e. The third-order valence-corrected chi connectivity index (χ3v) is 4.45. The van der Waals surface area contributed by atoms with Gasteiger partial charge in [-0.2, -0.15) is 14.7 Å². The van der Waals surface area contributed by atoms with Gasteiger partial charge < -0.3 is 0 Å². The minimum absolute atomic E-state index is 0.292. The van der Waals surface area contributed by atoms with Crippen molar-refractivity contribution in [3.05, 3.63) is 65.0 Å². The van der Waals surface area contributed by atoms with Crippen LogP contribution in [0.15, 0.2) is 53.9 Å². The number of rotatable bonds is 3. The van der Waals surface area contributed by atoms with Gasteiger partial charge in [0.2, 0.25) is 4.96 Å². The predicted octanol–water partition coefficient (Wildman–Crippen LogP) is 2.62. The highest BCUT2D eigenvalue weighted by Gasteiger charge is 2.11. The minimum atomic E-state index is -0.292. The molecule has 25 heavy (non-hydrogen) atoms. The summed E-state index contributed by atoms with van der Waals surface area (Å²) in [7, 11) is 0. The van der Waals surface area contributed by atoms with Crippen LogP contribution in [-0.2, 0) is 0 Å². The van der Waals surface area contributed by atoms with Crippen LogP contribution in [0.2, 0.25) is 0 Å². The molecule has 0 saturated carbocycles. The summed E-state index contributed by atoms with van der Waals surface area (Å²) in [5.41, 5.74) is 5.19.